The maximum absolute atomic E-state index is 12.5. The molecule has 70 valence electrons. The van der Waals surface area contributed by atoms with E-state index >= 15 is 0 Å². The highest BCUT2D eigenvalue weighted by molar-refractivity contribution is 6.67. The van der Waals surface area contributed by atoms with E-state index < -0.39 is 28.9 Å². The smallest absolute Gasteiger partial charge is 0.270 e. The number of hydrogen-bond acceptors (Lipinski definition) is 2. The summed E-state index contributed by atoms with van der Waals surface area (Å²) in [6.07, 6.45) is -2.85. The molecule has 0 atom stereocenters. The summed E-state index contributed by atoms with van der Waals surface area (Å²) in [7, 11) is 0. The molecule has 0 aliphatic carbocycles. The quantitative estimate of drug-likeness (QED) is 0.553. The number of alkyl halides is 2. The van der Waals surface area contributed by atoms with Crippen LogP contribution in [0.1, 0.15) is 22.5 Å². The van der Waals surface area contributed by atoms with E-state index in [1.165, 1.54) is 0 Å². The fourth-order valence-corrected chi connectivity index (χ4v) is 0.840. The Bertz CT molecular complexity index is 343. The minimum absolute atomic E-state index is 0.517. The van der Waals surface area contributed by atoms with Crippen molar-refractivity contribution in [2.24, 2.45) is 0 Å². The summed E-state index contributed by atoms with van der Waals surface area (Å²) in [6, 6.07) is 1.30. The third-order valence-corrected chi connectivity index (χ3v) is 1.46. The summed E-state index contributed by atoms with van der Waals surface area (Å²) in [5.41, 5.74) is -1.13. The zero-order valence-electron chi connectivity index (χ0n) is 6.10. The van der Waals surface area contributed by atoms with Crippen molar-refractivity contribution < 1.29 is 18.0 Å². The lowest BCUT2D eigenvalue weighted by molar-refractivity contribution is 0.107. The third-order valence-electron chi connectivity index (χ3n) is 1.27. The largest absolute Gasteiger partial charge is 0.274 e. The Hall–Kier alpha value is -1.10. The fraction of sp³-hybridized carbons (Fsp3) is 0.143. The molecule has 0 radical (unpaired) electrons. The predicted molar refractivity (Wildman–Crippen MR) is 39.3 cm³/mol. The Morgan fingerprint density at radius 2 is 2.08 bits per heavy atom. The van der Waals surface area contributed by atoms with Gasteiger partial charge in [-0.1, -0.05) is 0 Å². The average Bonchev–Trinajstić information content (AvgIpc) is 2.03. The maximum Gasteiger partial charge on any atom is 0.270 e. The van der Waals surface area contributed by atoms with E-state index in [0.717, 1.165) is 6.07 Å². The molecule has 1 heterocycles. The van der Waals surface area contributed by atoms with Crippen molar-refractivity contribution in [3.8, 4) is 0 Å². The summed E-state index contributed by atoms with van der Waals surface area (Å²) < 4.78 is 36.6. The lowest BCUT2D eigenvalue weighted by atomic mass is 10.2. The van der Waals surface area contributed by atoms with Crippen molar-refractivity contribution in [1.82, 2.24) is 4.98 Å². The Morgan fingerprint density at radius 3 is 2.54 bits per heavy atom. The molecule has 0 bridgehead atoms. The molecule has 0 aliphatic heterocycles. The molecule has 0 amide bonds. The summed E-state index contributed by atoms with van der Waals surface area (Å²) in [5, 5.41) is -1.07. The highest BCUT2D eigenvalue weighted by Gasteiger charge is 2.13. The van der Waals surface area contributed by atoms with Gasteiger partial charge in [0.15, 0.2) is 0 Å². The van der Waals surface area contributed by atoms with Crippen LogP contribution in [0.25, 0.3) is 0 Å². The van der Waals surface area contributed by atoms with Gasteiger partial charge < -0.3 is 0 Å². The van der Waals surface area contributed by atoms with Crippen LogP contribution in [0.3, 0.4) is 0 Å². The van der Waals surface area contributed by atoms with Crippen molar-refractivity contribution in [2.75, 3.05) is 0 Å². The van der Waals surface area contributed by atoms with E-state index in [0.29, 0.717) is 6.07 Å². The molecule has 1 aromatic rings. The number of aromatic nitrogens is 1. The molecule has 0 saturated heterocycles. The van der Waals surface area contributed by atoms with Crippen LogP contribution in [-0.4, -0.2) is 10.2 Å². The molecule has 1 rings (SSSR count). The van der Waals surface area contributed by atoms with Crippen LogP contribution in [0.2, 0.25) is 0 Å². The first-order chi connectivity index (χ1) is 6.00. The van der Waals surface area contributed by atoms with Crippen LogP contribution in [0.15, 0.2) is 12.1 Å². The summed E-state index contributed by atoms with van der Waals surface area (Å²) in [4.78, 5) is 13.5. The van der Waals surface area contributed by atoms with Crippen molar-refractivity contribution in [3.63, 3.8) is 0 Å². The van der Waals surface area contributed by atoms with Gasteiger partial charge in [-0.15, -0.1) is 0 Å². The molecule has 0 fully saturated rings. The third kappa shape index (κ3) is 2.42. The molecule has 0 N–H and O–H groups in total. The SMILES string of the molecule is O=C(Cl)c1cc(C(F)F)cc(F)n1. The number of hydrogen-bond donors (Lipinski definition) is 0. The number of rotatable bonds is 2. The second-order valence-electron chi connectivity index (χ2n) is 2.18. The van der Waals surface area contributed by atoms with Crippen molar-refractivity contribution in [2.45, 2.75) is 6.43 Å². The zero-order chi connectivity index (χ0) is 10.0. The van der Waals surface area contributed by atoms with Gasteiger partial charge in [-0.25, -0.2) is 13.8 Å². The van der Waals surface area contributed by atoms with Crippen molar-refractivity contribution in [1.29, 1.82) is 0 Å². The maximum atomic E-state index is 12.5. The summed E-state index contributed by atoms with van der Waals surface area (Å²) in [5.74, 6) is -1.15. The highest BCUT2D eigenvalue weighted by Crippen LogP contribution is 2.20. The molecule has 2 nitrogen and oxygen atoms in total. The van der Waals surface area contributed by atoms with Gasteiger partial charge in [-0.3, -0.25) is 4.79 Å². The molecular formula is C7H3ClF3NO. The Morgan fingerprint density at radius 1 is 1.46 bits per heavy atom. The van der Waals surface area contributed by atoms with Gasteiger partial charge in [0.1, 0.15) is 5.69 Å². The molecule has 0 aliphatic rings. The van der Waals surface area contributed by atoms with Crippen LogP contribution in [0.4, 0.5) is 13.2 Å². The number of halogens is 4. The minimum Gasteiger partial charge on any atom is -0.274 e. The monoisotopic (exact) mass is 209 g/mol. The van der Waals surface area contributed by atoms with Crippen LogP contribution < -0.4 is 0 Å². The first-order valence-electron chi connectivity index (χ1n) is 3.16. The standard InChI is InChI=1S/C7H3ClF3NO/c8-6(13)4-1-3(7(10)11)2-5(9)12-4/h1-2,7H. The molecule has 0 unspecified atom stereocenters. The molecule has 0 saturated carbocycles. The molecule has 6 heteroatoms. The molecule has 0 aromatic carbocycles. The van der Waals surface area contributed by atoms with Crippen LogP contribution >= 0.6 is 11.6 Å². The van der Waals surface area contributed by atoms with Gasteiger partial charge in [-0.05, 0) is 17.7 Å². The Labute approximate surface area is 76.3 Å². The topological polar surface area (TPSA) is 30.0 Å². The van der Waals surface area contributed by atoms with Gasteiger partial charge in [0.2, 0.25) is 5.95 Å². The van der Waals surface area contributed by atoms with Gasteiger partial charge >= 0.3 is 0 Å². The minimum atomic E-state index is -2.85. The second-order valence-corrected chi connectivity index (χ2v) is 2.53. The highest BCUT2D eigenvalue weighted by atomic mass is 35.5. The number of carbonyl (C=O) groups excluding carboxylic acids is 1. The van der Waals surface area contributed by atoms with Gasteiger partial charge in [0.25, 0.3) is 11.7 Å². The Balaban J connectivity index is 3.19. The second kappa shape index (κ2) is 3.74. The van der Waals surface area contributed by atoms with E-state index in [4.69, 9.17) is 11.6 Å². The lowest BCUT2D eigenvalue weighted by Crippen LogP contribution is -1.99. The molecule has 0 spiro atoms. The fourth-order valence-electron chi connectivity index (χ4n) is 0.743. The van der Waals surface area contributed by atoms with Gasteiger partial charge in [0, 0.05) is 11.6 Å². The summed E-state index contributed by atoms with van der Waals surface area (Å²) >= 11 is 4.94. The number of nitrogens with zero attached hydrogens (tertiary/aromatic N) is 1. The van der Waals surface area contributed by atoms with Crippen molar-refractivity contribution in [3.05, 3.63) is 29.3 Å². The van der Waals surface area contributed by atoms with Gasteiger partial charge in [-0.2, -0.15) is 4.39 Å². The molecule has 13 heavy (non-hydrogen) atoms. The first kappa shape index (κ1) is 9.98. The molecular weight excluding hydrogens is 207 g/mol. The van der Waals surface area contributed by atoms with Crippen molar-refractivity contribution >= 4 is 16.8 Å². The van der Waals surface area contributed by atoms with E-state index in [2.05, 4.69) is 4.98 Å². The summed E-state index contributed by atoms with van der Waals surface area (Å²) in [6.45, 7) is 0. The van der Waals surface area contributed by atoms with E-state index in [1.54, 1.807) is 0 Å². The molecule has 1 aromatic heterocycles. The lowest BCUT2D eigenvalue weighted by Gasteiger charge is -2.00. The predicted octanol–water partition coefficient (Wildman–Crippen LogP) is 2.54. The van der Waals surface area contributed by atoms with Crippen LogP contribution in [0.5, 0.6) is 0 Å². The van der Waals surface area contributed by atoms with E-state index in [9.17, 15) is 18.0 Å². The number of carbonyl (C=O) groups is 1. The van der Waals surface area contributed by atoms with Gasteiger partial charge in [0.05, 0.1) is 0 Å². The average molecular weight is 210 g/mol. The normalized spacial score (nSPS) is 10.5. The van der Waals surface area contributed by atoms with Crippen LogP contribution in [-0.2, 0) is 0 Å². The zero-order valence-corrected chi connectivity index (χ0v) is 6.86. The Kier molecular flexibility index (Phi) is 2.87. The van der Waals surface area contributed by atoms with Crippen LogP contribution in [0, 0.1) is 5.95 Å². The van der Waals surface area contributed by atoms with E-state index in [1.807, 2.05) is 0 Å². The first-order valence-corrected chi connectivity index (χ1v) is 3.54. The van der Waals surface area contributed by atoms with E-state index in [-0.39, 0.29) is 0 Å². The number of pyridine rings is 1.